The van der Waals surface area contributed by atoms with E-state index in [-0.39, 0.29) is 28.1 Å². The van der Waals surface area contributed by atoms with Crippen molar-refractivity contribution in [3.8, 4) is 0 Å². The van der Waals surface area contributed by atoms with E-state index in [1.54, 1.807) is 11.8 Å². The van der Waals surface area contributed by atoms with Crippen LogP contribution in [0, 0.1) is 10.1 Å². The maximum atomic E-state index is 13.7. The maximum Gasteiger partial charge on any atom is 0.293 e. The molecule has 7 rings (SSSR count). The van der Waals surface area contributed by atoms with E-state index in [4.69, 9.17) is 11.6 Å². The smallest absolute Gasteiger partial charge is 0.293 e. The monoisotopic (exact) mass is 840 g/mol. The van der Waals surface area contributed by atoms with E-state index in [1.165, 1.54) is 48.0 Å². The number of nitro groups is 1. The van der Waals surface area contributed by atoms with Crippen molar-refractivity contribution >= 4 is 72.7 Å². The summed E-state index contributed by atoms with van der Waals surface area (Å²) in [6, 6.07) is 27.8. The minimum atomic E-state index is -4.26. The van der Waals surface area contributed by atoms with Gasteiger partial charge in [0.15, 0.2) is 5.82 Å². The van der Waals surface area contributed by atoms with Crippen LogP contribution in [-0.2, 0) is 10.0 Å². The van der Waals surface area contributed by atoms with Gasteiger partial charge in [-0.2, -0.15) is 0 Å². The van der Waals surface area contributed by atoms with Crippen molar-refractivity contribution < 1.29 is 13.3 Å². The summed E-state index contributed by atoms with van der Waals surface area (Å²) in [5, 5.41) is 16.9. The Balaban J connectivity index is 1.02. The van der Waals surface area contributed by atoms with Crippen LogP contribution in [0.4, 0.5) is 22.9 Å². The molecule has 1 saturated heterocycles. The van der Waals surface area contributed by atoms with Gasteiger partial charge in [0.05, 0.1) is 15.3 Å². The first-order valence-electron chi connectivity index (χ1n) is 19.6. The Kier molecular flexibility index (Phi) is 13.5. The van der Waals surface area contributed by atoms with Crippen LogP contribution in [0.2, 0.25) is 5.02 Å². The van der Waals surface area contributed by atoms with Gasteiger partial charge in [0.25, 0.3) is 15.7 Å². The number of rotatable bonds is 16. The Morgan fingerprint density at radius 2 is 1.69 bits per heavy atom. The Labute approximate surface area is 349 Å². The van der Waals surface area contributed by atoms with Crippen LogP contribution >= 0.6 is 23.4 Å². The van der Waals surface area contributed by atoms with Gasteiger partial charge in [-0.3, -0.25) is 19.7 Å². The number of allylic oxidation sites excluding steroid dienone is 1. The highest BCUT2D eigenvalue weighted by Gasteiger charge is 2.26. The van der Waals surface area contributed by atoms with Crippen molar-refractivity contribution in [3.63, 3.8) is 0 Å². The molecule has 2 heterocycles. The highest BCUT2D eigenvalue weighted by Crippen LogP contribution is 2.35. The zero-order valence-electron chi connectivity index (χ0n) is 32.8. The molecule has 1 aromatic heterocycles. The molecule has 0 saturated carbocycles. The summed E-state index contributed by atoms with van der Waals surface area (Å²) < 4.78 is 30.1. The van der Waals surface area contributed by atoms with Crippen LogP contribution in [0.3, 0.4) is 0 Å². The number of nitro benzene ring substituents is 1. The molecule has 5 aromatic rings. The summed E-state index contributed by atoms with van der Waals surface area (Å²) in [5.74, 6) is 0.769. The highest BCUT2D eigenvalue weighted by molar-refractivity contribution is 7.99. The lowest BCUT2D eigenvalue weighted by atomic mass is 9.87. The predicted octanol–water partition coefficient (Wildman–Crippen LogP) is 8.67. The molecule has 2 aliphatic rings. The molecule has 2 N–H and O–H groups in total. The quantitative estimate of drug-likeness (QED) is 0.0561. The van der Waals surface area contributed by atoms with E-state index >= 15 is 0 Å². The summed E-state index contributed by atoms with van der Waals surface area (Å²) in [5.41, 5.74) is 5.80. The normalized spacial score (nSPS) is 15.8. The predicted molar refractivity (Wildman–Crippen MR) is 237 cm³/mol. The van der Waals surface area contributed by atoms with Crippen molar-refractivity contribution in [2.75, 3.05) is 74.1 Å². The second-order valence-corrected chi connectivity index (χ2v) is 18.3. The summed E-state index contributed by atoms with van der Waals surface area (Å²) in [6.07, 6.45) is 6.72. The van der Waals surface area contributed by atoms with Crippen LogP contribution in [0.25, 0.3) is 16.5 Å². The third-order valence-corrected chi connectivity index (χ3v) is 13.5. The van der Waals surface area contributed by atoms with Gasteiger partial charge in [-0.25, -0.2) is 18.4 Å². The summed E-state index contributed by atoms with van der Waals surface area (Å²) in [4.78, 5) is 28.3. The third-order valence-electron chi connectivity index (χ3n) is 10.7. The van der Waals surface area contributed by atoms with Crippen LogP contribution < -0.4 is 14.9 Å². The Bertz CT molecular complexity index is 2360. The molecular formula is C43H49ClN8O4S2. The Hall–Kier alpha value is -4.73. The lowest BCUT2D eigenvalue weighted by molar-refractivity contribution is -0.384. The molecule has 0 unspecified atom stereocenters. The van der Waals surface area contributed by atoms with Gasteiger partial charge in [0, 0.05) is 71.6 Å². The number of aromatic nitrogens is 2. The zero-order chi connectivity index (χ0) is 40.6. The average Bonchev–Trinajstić information content (AvgIpc) is 3.23. The molecule has 1 atom stereocenters. The molecule has 58 heavy (non-hydrogen) atoms. The molecular weight excluding hydrogens is 792 g/mol. The second-order valence-electron chi connectivity index (χ2n) is 15.1. The van der Waals surface area contributed by atoms with Gasteiger partial charge in [-0.1, -0.05) is 47.5 Å². The van der Waals surface area contributed by atoms with E-state index in [1.807, 2.05) is 74.8 Å². The van der Waals surface area contributed by atoms with Crippen molar-refractivity contribution in [1.29, 1.82) is 0 Å². The molecule has 15 heteroatoms. The Morgan fingerprint density at radius 1 is 0.931 bits per heavy atom. The number of fused-ring (bicyclic) bond motifs is 1. The van der Waals surface area contributed by atoms with Gasteiger partial charge >= 0.3 is 0 Å². The first-order valence-corrected chi connectivity index (χ1v) is 22.5. The number of nitrogens with one attached hydrogen (secondary N) is 2. The van der Waals surface area contributed by atoms with Crippen molar-refractivity contribution in [3.05, 3.63) is 124 Å². The van der Waals surface area contributed by atoms with Crippen LogP contribution in [0.5, 0.6) is 0 Å². The van der Waals surface area contributed by atoms with E-state index in [0.717, 1.165) is 80.2 Å². The molecule has 1 fully saturated rings. The SMILES string of the molecule is CN(C)CC[C@H](CSc1ccccc1)Nc1ccc(S(=O)(=O)Nc2ncnc3cc(N4CCN(CC5=C(c6ccc(Cl)cc6)CCCC5)CC4)ccc23)cc1[N+](=O)[O-]. The van der Waals surface area contributed by atoms with E-state index in [0.29, 0.717) is 16.7 Å². The minimum absolute atomic E-state index is 0.102. The van der Waals surface area contributed by atoms with Gasteiger partial charge in [0.2, 0.25) is 0 Å². The summed E-state index contributed by atoms with van der Waals surface area (Å²) in [6.45, 7) is 5.29. The number of sulfonamides is 1. The van der Waals surface area contributed by atoms with Gasteiger partial charge < -0.3 is 15.1 Å². The number of hydrogen-bond acceptors (Lipinski definition) is 11. The number of thioether (sulfide) groups is 1. The number of piperazine rings is 1. The molecule has 1 aliphatic carbocycles. The van der Waals surface area contributed by atoms with E-state index in [9.17, 15) is 18.5 Å². The third kappa shape index (κ3) is 10.5. The fourth-order valence-electron chi connectivity index (χ4n) is 7.58. The number of benzene rings is 4. The topological polar surface area (TPSA) is 137 Å². The largest absolute Gasteiger partial charge is 0.376 e. The number of nitrogens with zero attached hydrogens (tertiary/aromatic N) is 6. The average molecular weight is 842 g/mol. The fourth-order valence-corrected chi connectivity index (χ4v) is 9.75. The van der Waals surface area contributed by atoms with Crippen molar-refractivity contribution in [2.24, 2.45) is 0 Å². The number of halogens is 1. The maximum absolute atomic E-state index is 13.7. The number of hydrogen-bond donors (Lipinski definition) is 2. The fraction of sp³-hybridized carbons (Fsp3) is 0.349. The molecule has 0 radical (unpaired) electrons. The van der Waals surface area contributed by atoms with Crippen LogP contribution in [-0.4, -0.2) is 98.3 Å². The zero-order valence-corrected chi connectivity index (χ0v) is 35.2. The Morgan fingerprint density at radius 3 is 2.43 bits per heavy atom. The lowest BCUT2D eigenvalue weighted by Crippen LogP contribution is -2.47. The molecule has 0 spiro atoms. The highest BCUT2D eigenvalue weighted by atomic mass is 35.5. The number of anilines is 3. The van der Waals surface area contributed by atoms with Crippen molar-refractivity contribution in [1.82, 2.24) is 19.8 Å². The molecule has 304 valence electrons. The molecule has 1 aliphatic heterocycles. The van der Waals surface area contributed by atoms with Crippen LogP contribution in [0.1, 0.15) is 37.7 Å². The van der Waals surface area contributed by atoms with E-state index < -0.39 is 14.9 Å². The van der Waals surface area contributed by atoms with Gasteiger partial charge in [-0.05, 0) is 118 Å². The standard InChI is InChI=1S/C43H49ClN8O4S2/c1-49(2)21-20-34(29-57-36-9-4-3-5-10-36)47-40-19-17-37(27-42(40)52(53)54)58(55,56)48-43-39-18-16-35(26-41(39)45-30-46-43)51-24-22-50(23-25-51)28-32-8-6-7-11-38(32)31-12-14-33(44)15-13-31/h3-5,9-10,12-19,26-27,30,34,47H,6-8,11,20-25,28-29H2,1-2H3,(H,45,46,48)/t34-/m1/s1. The van der Waals surface area contributed by atoms with E-state index in [2.05, 4.69) is 46.8 Å². The molecule has 0 amide bonds. The molecule has 12 nitrogen and oxygen atoms in total. The summed E-state index contributed by atoms with van der Waals surface area (Å²) >= 11 is 7.83. The summed E-state index contributed by atoms with van der Waals surface area (Å²) in [7, 11) is -0.296. The minimum Gasteiger partial charge on any atom is -0.376 e. The second kappa shape index (κ2) is 18.9. The van der Waals surface area contributed by atoms with Crippen LogP contribution in [0.15, 0.2) is 113 Å². The molecule has 4 aromatic carbocycles. The van der Waals surface area contributed by atoms with Gasteiger partial charge in [-0.15, -0.1) is 11.8 Å². The molecule has 0 bridgehead atoms. The lowest BCUT2D eigenvalue weighted by Gasteiger charge is -2.37. The first-order chi connectivity index (χ1) is 28.0. The van der Waals surface area contributed by atoms with Crippen molar-refractivity contribution in [2.45, 2.75) is 47.9 Å². The first kappa shape index (κ1) is 41.4. The van der Waals surface area contributed by atoms with Gasteiger partial charge in [0.1, 0.15) is 12.0 Å².